The topological polar surface area (TPSA) is 12.9 Å². The molecule has 0 aliphatic carbocycles. The highest BCUT2D eigenvalue weighted by molar-refractivity contribution is 9.10. The number of aryl methyl sites for hydroxylation is 1. The van der Waals surface area contributed by atoms with Crippen LogP contribution < -0.4 is 0 Å². The van der Waals surface area contributed by atoms with Crippen molar-refractivity contribution >= 4 is 15.9 Å². The van der Waals surface area contributed by atoms with Crippen LogP contribution in [0.25, 0.3) is 11.1 Å². The molecular formula is C18H21BrF3N. The van der Waals surface area contributed by atoms with Gasteiger partial charge in [0.2, 0.25) is 0 Å². The number of benzene rings is 1. The van der Waals surface area contributed by atoms with Gasteiger partial charge in [-0.2, -0.15) is 13.2 Å². The molecule has 2 aromatic rings. The lowest BCUT2D eigenvalue weighted by Crippen LogP contribution is -2.09. The van der Waals surface area contributed by atoms with Gasteiger partial charge in [-0.1, -0.05) is 49.7 Å². The molecule has 0 atom stereocenters. The molecule has 0 fully saturated rings. The molecule has 1 aromatic carbocycles. The van der Waals surface area contributed by atoms with E-state index in [1.165, 1.54) is 6.20 Å². The molecule has 126 valence electrons. The van der Waals surface area contributed by atoms with Gasteiger partial charge in [-0.25, -0.2) is 0 Å². The fourth-order valence-electron chi connectivity index (χ4n) is 2.26. The van der Waals surface area contributed by atoms with Crippen LogP contribution in [0, 0.1) is 6.92 Å². The van der Waals surface area contributed by atoms with E-state index in [-0.39, 0.29) is 5.92 Å². The third kappa shape index (κ3) is 4.80. The Morgan fingerprint density at radius 2 is 1.65 bits per heavy atom. The summed E-state index contributed by atoms with van der Waals surface area (Å²) in [6, 6.07) is 6.87. The minimum absolute atomic E-state index is 0.0212. The fourth-order valence-corrected chi connectivity index (χ4v) is 2.73. The first-order valence-corrected chi connectivity index (χ1v) is 8.33. The van der Waals surface area contributed by atoms with Crippen molar-refractivity contribution in [3.8, 4) is 11.1 Å². The van der Waals surface area contributed by atoms with Crippen LogP contribution in [0.3, 0.4) is 0 Å². The van der Waals surface area contributed by atoms with Crippen LogP contribution in [0.1, 0.15) is 50.4 Å². The van der Waals surface area contributed by atoms with E-state index in [0.717, 1.165) is 27.2 Å². The lowest BCUT2D eigenvalue weighted by Gasteiger charge is -2.17. The van der Waals surface area contributed by atoms with E-state index in [1.807, 2.05) is 52.8 Å². The Bertz CT molecular complexity index is 664. The summed E-state index contributed by atoms with van der Waals surface area (Å²) in [5, 5.41) is 0. The summed E-state index contributed by atoms with van der Waals surface area (Å²) in [7, 11) is 0. The molecule has 0 amide bonds. The molecule has 1 nitrogen and oxygen atoms in total. The number of alkyl halides is 3. The lowest BCUT2D eigenvalue weighted by atomic mass is 9.91. The van der Waals surface area contributed by atoms with Crippen molar-refractivity contribution in [3.05, 3.63) is 51.8 Å². The standard InChI is InChI=1S/C16H15BrF3N.C2H6/c1-9(2)13-7-15(16(18,19)20)21-8-14(13)12-5-4-11(17)6-10(12)3;1-2/h4-9H,1-3H3;1-2H3. The molecule has 1 aromatic heterocycles. The second kappa shape index (κ2) is 7.95. The van der Waals surface area contributed by atoms with Crippen LogP contribution in [-0.2, 0) is 6.18 Å². The predicted octanol–water partition coefficient (Wildman–Crippen LogP) is 6.99. The monoisotopic (exact) mass is 387 g/mol. The Balaban J connectivity index is 0.00000127. The van der Waals surface area contributed by atoms with Gasteiger partial charge in [0, 0.05) is 16.2 Å². The number of halogens is 4. The van der Waals surface area contributed by atoms with Crippen LogP contribution >= 0.6 is 15.9 Å². The van der Waals surface area contributed by atoms with Crippen LogP contribution in [0.5, 0.6) is 0 Å². The lowest BCUT2D eigenvalue weighted by molar-refractivity contribution is -0.141. The van der Waals surface area contributed by atoms with E-state index in [4.69, 9.17) is 0 Å². The molecule has 0 radical (unpaired) electrons. The first kappa shape index (κ1) is 19.7. The quantitative estimate of drug-likeness (QED) is 0.540. The highest BCUT2D eigenvalue weighted by atomic mass is 79.9. The molecule has 0 bridgehead atoms. The van der Waals surface area contributed by atoms with Gasteiger partial charge in [-0.15, -0.1) is 0 Å². The summed E-state index contributed by atoms with van der Waals surface area (Å²) in [4.78, 5) is 3.60. The first-order valence-electron chi connectivity index (χ1n) is 7.54. The molecule has 0 saturated carbocycles. The zero-order chi connectivity index (χ0) is 17.8. The SMILES string of the molecule is CC.Cc1cc(Br)ccc1-c1cnc(C(F)(F)F)cc1C(C)C. The predicted molar refractivity (Wildman–Crippen MR) is 92.5 cm³/mol. The van der Waals surface area contributed by atoms with E-state index in [2.05, 4.69) is 20.9 Å². The molecule has 0 unspecified atom stereocenters. The van der Waals surface area contributed by atoms with E-state index in [9.17, 15) is 13.2 Å². The van der Waals surface area contributed by atoms with E-state index in [1.54, 1.807) is 0 Å². The molecule has 2 rings (SSSR count). The molecule has 23 heavy (non-hydrogen) atoms. The summed E-state index contributed by atoms with van der Waals surface area (Å²) >= 11 is 3.39. The Labute approximate surface area is 144 Å². The van der Waals surface area contributed by atoms with Crippen molar-refractivity contribution < 1.29 is 13.2 Å². The third-order valence-electron chi connectivity index (χ3n) is 3.33. The van der Waals surface area contributed by atoms with Gasteiger partial charge in [0.25, 0.3) is 0 Å². The minimum atomic E-state index is -4.42. The van der Waals surface area contributed by atoms with Crippen LogP contribution in [-0.4, -0.2) is 4.98 Å². The zero-order valence-electron chi connectivity index (χ0n) is 13.9. The normalized spacial score (nSPS) is 11.2. The maximum atomic E-state index is 12.8. The summed E-state index contributed by atoms with van der Waals surface area (Å²) in [5.41, 5.74) is 2.46. The summed E-state index contributed by atoms with van der Waals surface area (Å²) in [5.74, 6) is -0.0212. The van der Waals surface area contributed by atoms with E-state index >= 15 is 0 Å². The Morgan fingerprint density at radius 1 is 1.04 bits per heavy atom. The van der Waals surface area contributed by atoms with Gasteiger partial charge >= 0.3 is 6.18 Å². The number of aromatic nitrogens is 1. The van der Waals surface area contributed by atoms with Crippen LogP contribution in [0.4, 0.5) is 13.2 Å². The van der Waals surface area contributed by atoms with Crippen LogP contribution in [0.2, 0.25) is 0 Å². The average Bonchev–Trinajstić information content (AvgIpc) is 2.48. The molecular weight excluding hydrogens is 367 g/mol. The highest BCUT2D eigenvalue weighted by Gasteiger charge is 2.33. The summed E-state index contributed by atoms with van der Waals surface area (Å²) < 4.78 is 39.4. The fraction of sp³-hybridized carbons (Fsp3) is 0.389. The largest absolute Gasteiger partial charge is 0.433 e. The van der Waals surface area contributed by atoms with Crippen molar-refractivity contribution in [2.24, 2.45) is 0 Å². The Kier molecular flexibility index (Phi) is 6.81. The highest BCUT2D eigenvalue weighted by Crippen LogP contribution is 2.36. The third-order valence-corrected chi connectivity index (χ3v) is 3.82. The van der Waals surface area contributed by atoms with Gasteiger partial charge in [-0.05, 0) is 47.7 Å². The second-order valence-corrected chi connectivity index (χ2v) is 6.18. The first-order chi connectivity index (χ1) is 10.7. The van der Waals surface area contributed by atoms with Gasteiger partial charge in [0.1, 0.15) is 5.69 Å². The number of hydrogen-bond acceptors (Lipinski definition) is 1. The van der Waals surface area contributed by atoms with E-state index in [0.29, 0.717) is 5.56 Å². The van der Waals surface area contributed by atoms with Crippen molar-refractivity contribution in [1.29, 1.82) is 0 Å². The van der Waals surface area contributed by atoms with Crippen molar-refractivity contribution in [2.45, 2.75) is 46.7 Å². The smallest absolute Gasteiger partial charge is 0.251 e. The Morgan fingerprint density at radius 3 is 2.13 bits per heavy atom. The number of nitrogens with zero attached hydrogens (tertiary/aromatic N) is 1. The maximum absolute atomic E-state index is 12.8. The second-order valence-electron chi connectivity index (χ2n) is 5.27. The molecule has 0 saturated heterocycles. The van der Waals surface area contributed by atoms with Gasteiger partial charge in [0.05, 0.1) is 0 Å². The molecule has 0 aliphatic heterocycles. The number of pyridine rings is 1. The molecule has 0 spiro atoms. The molecule has 5 heteroatoms. The minimum Gasteiger partial charge on any atom is -0.251 e. The van der Waals surface area contributed by atoms with E-state index < -0.39 is 11.9 Å². The van der Waals surface area contributed by atoms with Gasteiger partial charge < -0.3 is 0 Å². The van der Waals surface area contributed by atoms with Gasteiger partial charge in [-0.3, -0.25) is 4.98 Å². The molecule has 1 heterocycles. The number of hydrogen-bond donors (Lipinski definition) is 0. The summed E-state index contributed by atoms with van der Waals surface area (Å²) in [6.45, 7) is 9.70. The average molecular weight is 388 g/mol. The van der Waals surface area contributed by atoms with Gasteiger partial charge in [0.15, 0.2) is 0 Å². The Hall–Kier alpha value is -1.36. The van der Waals surface area contributed by atoms with Crippen molar-refractivity contribution in [2.75, 3.05) is 0 Å². The summed E-state index contributed by atoms with van der Waals surface area (Å²) in [6.07, 6.45) is -3.09. The molecule has 0 aliphatic rings. The number of rotatable bonds is 2. The van der Waals surface area contributed by atoms with Crippen molar-refractivity contribution in [3.63, 3.8) is 0 Å². The maximum Gasteiger partial charge on any atom is 0.433 e. The zero-order valence-corrected chi connectivity index (χ0v) is 15.5. The van der Waals surface area contributed by atoms with Crippen molar-refractivity contribution in [1.82, 2.24) is 4.98 Å². The van der Waals surface area contributed by atoms with Crippen LogP contribution in [0.15, 0.2) is 34.9 Å². The molecule has 0 N–H and O–H groups in total.